The van der Waals surface area contributed by atoms with Crippen molar-refractivity contribution in [1.29, 1.82) is 0 Å². The van der Waals surface area contributed by atoms with Crippen molar-refractivity contribution in [3.63, 3.8) is 0 Å². The van der Waals surface area contributed by atoms with Gasteiger partial charge in [0.25, 0.3) is 0 Å². The Balaban J connectivity index is 1.46. The van der Waals surface area contributed by atoms with Gasteiger partial charge in [0.15, 0.2) is 0 Å². The van der Waals surface area contributed by atoms with Crippen LogP contribution in [0.5, 0.6) is 0 Å². The Hall–Kier alpha value is -2.66. The van der Waals surface area contributed by atoms with Gasteiger partial charge in [-0.3, -0.25) is 14.7 Å². The van der Waals surface area contributed by atoms with Crippen molar-refractivity contribution in [3.05, 3.63) is 65.6 Å². The Morgan fingerprint density at radius 3 is 2.73 bits per heavy atom. The SMILES string of the molecule is CCCN1C[C@H](C(=O)N(C)Cc2ccncc2)CC2c3cccc4c3c(cn4C(C)C)C[C@H]21. The molecule has 2 aliphatic rings. The van der Waals surface area contributed by atoms with Crippen LogP contribution in [0.25, 0.3) is 10.9 Å². The molecule has 2 aromatic heterocycles. The lowest BCUT2D eigenvalue weighted by molar-refractivity contribution is -0.137. The van der Waals surface area contributed by atoms with Crippen LogP contribution in [-0.2, 0) is 17.8 Å². The molecule has 1 unspecified atom stereocenters. The molecule has 33 heavy (non-hydrogen) atoms. The van der Waals surface area contributed by atoms with Crippen molar-refractivity contribution in [1.82, 2.24) is 19.4 Å². The van der Waals surface area contributed by atoms with Crippen LogP contribution in [0.4, 0.5) is 0 Å². The Morgan fingerprint density at radius 1 is 1.21 bits per heavy atom. The maximum Gasteiger partial charge on any atom is 0.227 e. The predicted octanol–water partition coefficient (Wildman–Crippen LogP) is 5.02. The molecule has 1 fully saturated rings. The summed E-state index contributed by atoms with van der Waals surface area (Å²) >= 11 is 0. The first-order valence-corrected chi connectivity index (χ1v) is 12.5. The van der Waals surface area contributed by atoms with E-state index in [9.17, 15) is 4.79 Å². The topological polar surface area (TPSA) is 41.4 Å². The van der Waals surface area contributed by atoms with E-state index in [0.717, 1.165) is 37.9 Å². The largest absolute Gasteiger partial charge is 0.345 e. The summed E-state index contributed by atoms with van der Waals surface area (Å²) in [4.78, 5) is 22.2. The maximum atomic E-state index is 13.6. The fourth-order valence-electron chi connectivity index (χ4n) is 6.23. The highest BCUT2D eigenvalue weighted by Gasteiger charge is 2.43. The van der Waals surface area contributed by atoms with Crippen molar-refractivity contribution >= 4 is 16.8 Å². The molecule has 1 aliphatic carbocycles. The summed E-state index contributed by atoms with van der Waals surface area (Å²) in [6.45, 7) is 9.33. The minimum atomic E-state index is 0.0358. The number of nitrogens with zero attached hydrogens (tertiary/aromatic N) is 4. The number of rotatable bonds is 6. The van der Waals surface area contributed by atoms with Gasteiger partial charge >= 0.3 is 0 Å². The second-order valence-electron chi connectivity index (χ2n) is 10.3. The first-order chi connectivity index (χ1) is 16.0. The van der Waals surface area contributed by atoms with Crippen LogP contribution in [0, 0.1) is 5.92 Å². The Bertz CT molecular complexity index is 1140. The quantitative estimate of drug-likeness (QED) is 0.536. The molecule has 0 bridgehead atoms. The fraction of sp³-hybridized carbons (Fsp3) is 0.500. The monoisotopic (exact) mass is 444 g/mol. The van der Waals surface area contributed by atoms with Crippen molar-refractivity contribution in [2.24, 2.45) is 5.92 Å². The molecule has 5 rings (SSSR count). The second-order valence-corrected chi connectivity index (χ2v) is 10.3. The van der Waals surface area contributed by atoms with Crippen LogP contribution in [0.3, 0.4) is 0 Å². The number of pyridine rings is 1. The molecule has 0 saturated carbocycles. The molecule has 3 atom stereocenters. The first kappa shape index (κ1) is 22.1. The van der Waals surface area contributed by atoms with Gasteiger partial charge in [-0.25, -0.2) is 0 Å². The lowest BCUT2D eigenvalue weighted by Gasteiger charge is -2.47. The van der Waals surface area contributed by atoms with Gasteiger partial charge in [0.05, 0.1) is 5.92 Å². The molecule has 174 valence electrons. The summed E-state index contributed by atoms with van der Waals surface area (Å²) in [5.74, 6) is 0.713. The standard InChI is InChI=1S/C28H36N4O/c1-5-13-31-17-22(28(33)30(4)16-20-9-11-29-12-10-20)14-24-23-7-6-8-25-27(23)21(15-26(24)31)18-32(25)19(2)3/h6-12,18-19,22,24,26H,5,13-17H2,1-4H3/t22-,24?,26-/m1/s1. The molecule has 3 aromatic rings. The number of piperidine rings is 1. The van der Waals surface area contributed by atoms with Crippen molar-refractivity contribution < 1.29 is 4.79 Å². The van der Waals surface area contributed by atoms with E-state index in [2.05, 4.69) is 59.6 Å². The fourth-order valence-corrected chi connectivity index (χ4v) is 6.23. The summed E-state index contributed by atoms with van der Waals surface area (Å²) in [6, 6.07) is 11.7. The van der Waals surface area contributed by atoms with Crippen LogP contribution in [0.1, 0.15) is 62.3 Å². The predicted molar refractivity (Wildman–Crippen MR) is 133 cm³/mol. The summed E-state index contributed by atoms with van der Waals surface area (Å²) in [5, 5.41) is 1.45. The molecule has 1 aliphatic heterocycles. The van der Waals surface area contributed by atoms with Crippen LogP contribution in [0.15, 0.2) is 48.9 Å². The number of fused-ring (bicyclic) bond motifs is 2. The molecule has 0 spiro atoms. The van der Waals surface area contributed by atoms with E-state index < -0.39 is 0 Å². The highest BCUT2D eigenvalue weighted by molar-refractivity contribution is 5.89. The van der Waals surface area contributed by atoms with Crippen molar-refractivity contribution in [3.8, 4) is 0 Å². The van der Waals surface area contributed by atoms with Crippen molar-refractivity contribution in [2.75, 3.05) is 20.1 Å². The van der Waals surface area contributed by atoms with Gasteiger partial charge < -0.3 is 9.47 Å². The first-order valence-electron chi connectivity index (χ1n) is 12.5. The normalized spacial score (nSPS) is 22.5. The summed E-state index contributed by atoms with van der Waals surface area (Å²) in [5.41, 5.74) is 5.41. The highest BCUT2D eigenvalue weighted by atomic mass is 16.2. The third-order valence-electron chi connectivity index (χ3n) is 7.69. The third-order valence-corrected chi connectivity index (χ3v) is 7.69. The minimum Gasteiger partial charge on any atom is -0.345 e. The average Bonchev–Trinajstić information content (AvgIpc) is 3.20. The van der Waals surface area contributed by atoms with E-state index in [0.29, 0.717) is 24.5 Å². The van der Waals surface area contributed by atoms with Gasteiger partial charge in [-0.1, -0.05) is 19.1 Å². The number of aromatic nitrogens is 2. The molecule has 1 amide bonds. The molecule has 5 nitrogen and oxygen atoms in total. The van der Waals surface area contributed by atoms with Gasteiger partial charge in [-0.05, 0) is 74.5 Å². The van der Waals surface area contributed by atoms with E-state index in [-0.39, 0.29) is 11.8 Å². The number of benzene rings is 1. The number of carbonyl (C=O) groups is 1. The van der Waals surface area contributed by atoms with Gasteiger partial charge in [-0.2, -0.15) is 0 Å². The van der Waals surface area contributed by atoms with E-state index in [1.807, 2.05) is 24.1 Å². The number of hydrogen-bond donors (Lipinski definition) is 0. The molecule has 0 radical (unpaired) electrons. The van der Waals surface area contributed by atoms with E-state index in [1.165, 1.54) is 22.0 Å². The second kappa shape index (κ2) is 8.94. The molecule has 1 saturated heterocycles. The minimum absolute atomic E-state index is 0.0358. The zero-order valence-corrected chi connectivity index (χ0v) is 20.4. The Kier molecular flexibility index (Phi) is 6.00. The van der Waals surface area contributed by atoms with E-state index in [1.54, 1.807) is 12.4 Å². The lowest BCUT2D eigenvalue weighted by Crippen LogP contribution is -2.53. The zero-order chi connectivity index (χ0) is 23.1. The zero-order valence-electron chi connectivity index (χ0n) is 20.4. The summed E-state index contributed by atoms with van der Waals surface area (Å²) in [6.07, 6.45) is 9.12. The summed E-state index contributed by atoms with van der Waals surface area (Å²) < 4.78 is 2.43. The molecule has 1 aromatic carbocycles. The van der Waals surface area contributed by atoms with Crippen LogP contribution >= 0.6 is 0 Å². The van der Waals surface area contributed by atoms with Gasteiger partial charge in [0.2, 0.25) is 5.91 Å². The lowest BCUT2D eigenvalue weighted by atomic mass is 9.72. The van der Waals surface area contributed by atoms with E-state index in [4.69, 9.17) is 0 Å². The van der Waals surface area contributed by atoms with Crippen molar-refractivity contribution in [2.45, 2.75) is 64.6 Å². The number of amides is 1. The van der Waals surface area contributed by atoms with Crippen LogP contribution in [-0.4, -0.2) is 51.4 Å². The van der Waals surface area contributed by atoms with Gasteiger partial charge in [-0.15, -0.1) is 0 Å². The Labute approximate surface area is 197 Å². The third kappa shape index (κ3) is 3.97. The highest BCUT2D eigenvalue weighted by Crippen LogP contribution is 2.46. The average molecular weight is 445 g/mol. The van der Waals surface area contributed by atoms with E-state index >= 15 is 0 Å². The molecular weight excluding hydrogens is 408 g/mol. The molecule has 3 heterocycles. The van der Waals surface area contributed by atoms with Gasteiger partial charge in [0.1, 0.15) is 0 Å². The molecular formula is C28H36N4O. The number of likely N-dealkylation sites (tertiary alicyclic amines) is 1. The molecule has 0 N–H and O–H groups in total. The molecule has 5 heteroatoms. The van der Waals surface area contributed by atoms with Crippen LogP contribution < -0.4 is 0 Å². The maximum absolute atomic E-state index is 13.6. The number of carbonyl (C=O) groups excluding carboxylic acids is 1. The Morgan fingerprint density at radius 2 is 2.00 bits per heavy atom. The summed E-state index contributed by atoms with van der Waals surface area (Å²) in [7, 11) is 1.95. The van der Waals surface area contributed by atoms with Crippen LogP contribution in [0.2, 0.25) is 0 Å². The van der Waals surface area contributed by atoms with Gasteiger partial charge in [0, 0.05) is 67.6 Å². The smallest absolute Gasteiger partial charge is 0.227 e. The number of hydrogen-bond acceptors (Lipinski definition) is 3.